The van der Waals surface area contributed by atoms with E-state index in [0.29, 0.717) is 66.6 Å². The number of piperidine rings is 1. The summed E-state index contributed by atoms with van der Waals surface area (Å²) in [5, 5.41) is 15.2. The molecule has 2 aromatic heterocycles. The Morgan fingerprint density at radius 3 is 2.72 bits per heavy atom. The summed E-state index contributed by atoms with van der Waals surface area (Å²) in [6, 6.07) is 5.60. The third-order valence-electron chi connectivity index (χ3n) is 9.64. The normalized spacial score (nSPS) is 22.2. The molecule has 1 aromatic carbocycles. The standard InChI is InChI=1S/C33H38ClF3N4O4S/c1-18-13-24(30-29(38-18)26(17-46-30)32(43)44)23-14-21(34)3-6-28(23)45-12-11-41-19(2)39-27-5-4-22(15-25(27)31(41)42)40-9-7-20(8-10-40)16-33(35,36)37/h3,6,14,17-18,20,22,24,38H,4-5,7-13,15-16H2,1-2H3,(H,43,44)/t18?,22-,24?/m0/s1. The van der Waals surface area contributed by atoms with Gasteiger partial charge in [0.05, 0.1) is 23.5 Å². The van der Waals surface area contributed by atoms with E-state index in [1.54, 1.807) is 16.0 Å². The fourth-order valence-electron chi connectivity index (χ4n) is 7.37. The Labute approximate surface area is 274 Å². The zero-order chi connectivity index (χ0) is 32.7. The molecule has 1 saturated heterocycles. The van der Waals surface area contributed by atoms with E-state index in [1.807, 2.05) is 26.0 Å². The Bertz CT molecular complexity index is 1670. The van der Waals surface area contributed by atoms with Gasteiger partial charge in [0, 0.05) is 50.8 Å². The van der Waals surface area contributed by atoms with E-state index in [0.717, 1.165) is 29.0 Å². The molecule has 46 heavy (non-hydrogen) atoms. The number of anilines is 1. The number of aromatic nitrogens is 2. The van der Waals surface area contributed by atoms with Crippen molar-refractivity contribution in [1.82, 2.24) is 14.5 Å². The van der Waals surface area contributed by atoms with Crippen molar-refractivity contribution in [3.05, 3.63) is 72.0 Å². The molecule has 3 atom stereocenters. The number of halogens is 4. The van der Waals surface area contributed by atoms with Gasteiger partial charge in [-0.25, -0.2) is 9.78 Å². The third-order valence-corrected chi connectivity index (χ3v) is 11.0. The molecule has 13 heteroatoms. The number of rotatable bonds is 8. The van der Waals surface area contributed by atoms with E-state index in [2.05, 4.69) is 10.2 Å². The lowest BCUT2D eigenvalue weighted by molar-refractivity contribution is -0.148. The van der Waals surface area contributed by atoms with Gasteiger partial charge in [-0.15, -0.1) is 11.3 Å². The second kappa shape index (κ2) is 13.2. The lowest BCUT2D eigenvalue weighted by Gasteiger charge is -2.39. The minimum Gasteiger partial charge on any atom is -0.491 e. The van der Waals surface area contributed by atoms with Crippen molar-refractivity contribution in [2.75, 3.05) is 25.0 Å². The molecule has 1 aliphatic carbocycles. The number of hydrogen-bond acceptors (Lipinski definition) is 7. The van der Waals surface area contributed by atoms with Crippen molar-refractivity contribution in [2.45, 2.75) is 89.5 Å². The third kappa shape index (κ3) is 6.94. The molecule has 1 fully saturated rings. The highest BCUT2D eigenvalue weighted by atomic mass is 35.5. The zero-order valence-electron chi connectivity index (χ0n) is 25.8. The van der Waals surface area contributed by atoms with Gasteiger partial charge in [0.25, 0.3) is 5.56 Å². The predicted octanol–water partition coefficient (Wildman–Crippen LogP) is 6.90. The SMILES string of the molecule is Cc1nc2c(c(=O)n1CCOc1ccc(Cl)cc1C1CC(C)Nc3c(C(=O)O)csc31)C[C@@H](N1CCC(CC(F)(F)F)CC1)CC2. The van der Waals surface area contributed by atoms with Crippen molar-refractivity contribution >= 4 is 34.6 Å². The summed E-state index contributed by atoms with van der Waals surface area (Å²) in [7, 11) is 0. The molecule has 6 rings (SSSR count). The van der Waals surface area contributed by atoms with Crippen LogP contribution in [-0.2, 0) is 19.4 Å². The summed E-state index contributed by atoms with van der Waals surface area (Å²) in [6.07, 6.45) is -1.02. The van der Waals surface area contributed by atoms with Gasteiger partial charge in [-0.3, -0.25) is 9.36 Å². The lowest BCUT2D eigenvalue weighted by atomic mass is 9.86. The molecule has 2 N–H and O–H groups in total. The molecular weight excluding hydrogens is 641 g/mol. The van der Waals surface area contributed by atoms with Crippen LogP contribution in [0.3, 0.4) is 0 Å². The zero-order valence-corrected chi connectivity index (χ0v) is 27.4. The summed E-state index contributed by atoms with van der Waals surface area (Å²) < 4.78 is 46.6. The van der Waals surface area contributed by atoms with Crippen LogP contribution >= 0.6 is 22.9 Å². The highest BCUT2D eigenvalue weighted by molar-refractivity contribution is 7.11. The molecule has 0 amide bonds. The quantitative estimate of drug-likeness (QED) is 0.268. The molecule has 0 saturated carbocycles. The number of carboxylic acids is 1. The number of benzene rings is 1. The summed E-state index contributed by atoms with van der Waals surface area (Å²) in [6.45, 7) is 5.57. The van der Waals surface area contributed by atoms with Crippen molar-refractivity contribution in [2.24, 2.45) is 5.92 Å². The maximum atomic E-state index is 13.8. The Hall–Kier alpha value is -3.09. The number of carbonyl (C=O) groups is 1. The molecule has 3 aromatic rings. The van der Waals surface area contributed by atoms with Crippen LogP contribution in [0, 0.1) is 12.8 Å². The van der Waals surface area contributed by atoms with Gasteiger partial charge in [-0.05, 0) is 89.6 Å². The largest absolute Gasteiger partial charge is 0.491 e. The van der Waals surface area contributed by atoms with Gasteiger partial charge >= 0.3 is 12.1 Å². The maximum Gasteiger partial charge on any atom is 0.389 e. The molecule has 3 aliphatic rings. The second-order valence-corrected chi connectivity index (χ2v) is 14.1. The molecule has 0 spiro atoms. The van der Waals surface area contributed by atoms with Crippen molar-refractivity contribution < 1.29 is 27.8 Å². The summed E-state index contributed by atoms with van der Waals surface area (Å²) in [5.41, 5.74) is 3.18. The van der Waals surface area contributed by atoms with E-state index >= 15 is 0 Å². The van der Waals surface area contributed by atoms with E-state index in [9.17, 15) is 27.9 Å². The number of aromatic carboxylic acids is 1. The first-order chi connectivity index (χ1) is 21.9. The van der Waals surface area contributed by atoms with Crippen LogP contribution in [0.4, 0.5) is 18.9 Å². The highest BCUT2D eigenvalue weighted by Gasteiger charge is 2.36. The molecule has 4 heterocycles. The topological polar surface area (TPSA) is 96.7 Å². The number of aryl methyl sites for hydroxylation is 2. The number of fused-ring (bicyclic) bond motifs is 2. The number of thiophene rings is 1. The number of likely N-dealkylation sites (tertiary alicyclic amines) is 1. The molecule has 2 unspecified atom stereocenters. The van der Waals surface area contributed by atoms with Crippen LogP contribution < -0.4 is 15.6 Å². The van der Waals surface area contributed by atoms with Gasteiger partial charge in [-0.1, -0.05) is 11.6 Å². The minimum absolute atomic E-state index is 0.0370. The first-order valence-electron chi connectivity index (χ1n) is 15.8. The predicted molar refractivity (Wildman–Crippen MR) is 172 cm³/mol. The Morgan fingerprint density at radius 1 is 1.24 bits per heavy atom. The maximum absolute atomic E-state index is 13.8. The second-order valence-electron chi connectivity index (χ2n) is 12.8. The molecule has 8 nitrogen and oxygen atoms in total. The van der Waals surface area contributed by atoms with E-state index in [-0.39, 0.29) is 48.2 Å². The molecule has 2 aliphatic heterocycles. The smallest absolute Gasteiger partial charge is 0.389 e. The number of hydrogen-bond donors (Lipinski definition) is 2. The number of ether oxygens (including phenoxy) is 1. The molecule has 0 radical (unpaired) electrons. The van der Waals surface area contributed by atoms with Gasteiger partial charge < -0.3 is 20.1 Å². The highest BCUT2D eigenvalue weighted by Crippen LogP contribution is 2.47. The number of nitrogens with one attached hydrogen (secondary N) is 1. The summed E-state index contributed by atoms with van der Waals surface area (Å²) in [5.74, 6) is -0.167. The van der Waals surface area contributed by atoms with E-state index in [4.69, 9.17) is 21.3 Å². The van der Waals surface area contributed by atoms with Crippen molar-refractivity contribution in [3.63, 3.8) is 0 Å². The Balaban J connectivity index is 1.16. The van der Waals surface area contributed by atoms with Crippen LogP contribution in [-0.4, -0.2) is 63.5 Å². The van der Waals surface area contributed by atoms with Gasteiger partial charge in [0.1, 0.15) is 18.2 Å². The fourth-order valence-corrected chi connectivity index (χ4v) is 8.69. The van der Waals surface area contributed by atoms with Gasteiger partial charge in [0.2, 0.25) is 0 Å². The van der Waals surface area contributed by atoms with Gasteiger partial charge in [-0.2, -0.15) is 13.2 Å². The van der Waals surface area contributed by atoms with Gasteiger partial charge in [0.15, 0.2) is 0 Å². The number of nitrogens with zero attached hydrogens (tertiary/aromatic N) is 3. The molecule has 0 bridgehead atoms. The minimum atomic E-state index is -4.13. The first kappa shape index (κ1) is 32.8. The average Bonchev–Trinajstić information content (AvgIpc) is 3.43. The van der Waals surface area contributed by atoms with Crippen molar-refractivity contribution in [1.29, 1.82) is 0 Å². The fraction of sp³-hybridized carbons (Fsp3) is 0.545. The number of carboxylic acid groups (broad SMARTS) is 1. The summed E-state index contributed by atoms with van der Waals surface area (Å²) in [4.78, 5) is 33.5. The van der Waals surface area contributed by atoms with Crippen LogP contribution in [0.15, 0.2) is 28.4 Å². The molecule has 248 valence electrons. The summed E-state index contributed by atoms with van der Waals surface area (Å²) >= 11 is 7.84. The van der Waals surface area contributed by atoms with E-state index in [1.165, 1.54) is 11.3 Å². The Morgan fingerprint density at radius 2 is 2.00 bits per heavy atom. The van der Waals surface area contributed by atoms with Crippen LogP contribution in [0.2, 0.25) is 5.02 Å². The Kier molecular flexibility index (Phi) is 9.42. The number of alkyl halides is 3. The van der Waals surface area contributed by atoms with Crippen LogP contribution in [0.5, 0.6) is 5.75 Å². The van der Waals surface area contributed by atoms with Crippen LogP contribution in [0.25, 0.3) is 0 Å². The van der Waals surface area contributed by atoms with E-state index < -0.39 is 18.6 Å². The monoisotopic (exact) mass is 678 g/mol. The first-order valence-corrected chi connectivity index (χ1v) is 17.1. The van der Waals surface area contributed by atoms with Crippen molar-refractivity contribution in [3.8, 4) is 5.75 Å². The van der Waals surface area contributed by atoms with Crippen LogP contribution in [0.1, 0.15) is 82.8 Å². The lowest BCUT2D eigenvalue weighted by Crippen LogP contribution is -2.46. The average molecular weight is 679 g/mol. The molecular formula is C33H38ClF3N4O4S.